The minimum atomic E-state index is 0.00584. The molecule has 1 saturated heterocycles. The normalized spacial score (nSPS) is 14.4. The van der Waals surface area contributed by atoms with Crippen molar-refractivity contribution in [3.05, 3.63) is 70.8 Å². The van der Waals surface area contributed by atoms with Crippen LogP contribution in [0, 0.1) is 6.92 Å². The van der Waals surface area contributed by atoms with E-state index in [2.05, 4.69) is 0 Å². The molecule has 1 aliphatic rings. The van der Waals surface area contributed by atoms with E-state index in [0.717, 1.165) is 16.7 Å². The molecule has 1 fully saturated rings. The van der Waals surface area contributed by atoms with Gasteiger partial charge in [-0.1, -0.05) is 36.4 Å². The van der Waals surface area contributed by atoms with Crippen molar-refractivity contribution in [2.45, 2.75) is 19.9 Å². The summed E-state index contributed by atoms with van der Waals surface area (Å²) >= 11 is 0. The van der Waals surface area contributed by atoms with Gasteiger partial charge in [-0.25, -0.2) is 0 Å². The smallest absolute Gasteiger partial charge is 0.253 e. The van der Waals surface area contributed by atoms with Crippen LogP contribution in [-0.4, -0.2) is 47.8 Å². The van der Waals surface area contributed by atoms with E-state index in [1.54, 1.807) is 0 Å². The Morgan fingerprint density at radius 3 is 2.35 bits per heavy atom. The van der Waals surface area contributed by atoms with Gasteiger partial charge in [0.2, 0.25) is 5.91 Å². The molecule has 0 saturated carbocycles. The maximum atomic E-state index is 12.7. The van der Waals surface area contributed by atoms with E-state index >= 15 is 0 Å². The molecule has 3 rings (SSSR count). The lowest BCUT2D eigenvalue weighted by Crippen LogP contribution is -2.51. The molecule has 26 heavy (non-hydrogen) atoms. The second-order valence-corrected chi connectivity index (χ2v) is 6.68. The van der Waals surface area contributed by atoms with Gasteiger partial charge in [0.25, 0.3) is 5.91 Å². The number of hydrogen-bond acceptors (Lipinski definition) is 3. The molecule has 2 aromatic carbocycles. The molecule has 0 atom stereocenters. The summed E-state index contributed by atoms with van der Waals surface area (Å²) in [7, 11) is 0. The van der Waals surface area contributed by atoms with Gasteiger partial charge in [-0.15, -0.1) is 0 Å². The van der Waals surface area contributed by atoms with E-state index in [1.165, 1.54) is 0 Å². The third kappa shape index (κ3) is 4.11. The summed E-state index contributed by atoms with van der Waals surface area (Å²) in [6.45, 7) is 4.72. The van der Waals surface area contributed by atoms with E-state index in [4.69, 9.17) is 5.73 Å². The Bertz CT molecular complexity index is 795. The molecule has 1 heterocycles. The Labute approximate surface area is 154 Å². The number of piperazine rings is 1. The number of benzene rings is 2. The number of carbonyl (C=O) groups is 2. The quantitative estimate of drug-likeness (QED) is 0.916. The van der Waals surface area contributed by atoms with Gasteiger partial charge in [-0.2, -0.15) is 0 Å². The lowest BCUT2D eigenvalue weighted by Gasteiger charge is -2.35. The molecule has 0 aliphatic carbocycles. The molecule has 136 valence electrons. The Balaban J connectivity index is 1.57. The molecule has 0 radical (unpaired) electrons. The number of nitrogens with two attached hydrogens (primary N) is 1. The Kier molecular flexibility index (Phi) is 5.68. The molecule has 0 bridgehead atoms. The van der Waals surface area contributed by atoms with Gasteiger partial charge in [0, 0.05) is 38.3 Å². The average Bonchev–Trinajstić information content (AvgIpc) is 2.69. The van der Waals surface area contributed by atoms with Crippen LogP contribution in [0.4, 0.5) is 0 Å². The fourth-order valence-corrected chi connectivity index (χ4v) is 3.26. The lowest BCUT2D eigenvalue weighted by molar-refractivity contribution is -0.131. The summed E-state index contributed by atoms with van der Waals surface area (Å²) in [4.78, 5) is 28.9. The van der Waals surface area contributed by atoms with Gasteiger partial charge in [0.05, 0.1) is 6.42 Å². The molecule has 0 unspecified atom stereocenters. The maximum absolute atomic E-state index is 12.7. The van der Waals surface area contributed by atoms with Gasteiger partial charge >= 0.3 is 0 Å². The number of nitrogens with zero attached hydrogens (tertiary/aromatic N) is 2. The van der Waals surface area contributed by atoms with E-state index in [-0.39, 0.29) is 11.8 Å². The lowest BCUT2D eigenvalue weighted by atomic mass is 10.0. The van der Waals surface area contributed by atoms with E-state index in [0.29, 0.717) is 44.7 Å². The zero-order valence-electron chi connectivity index (χ0n) is 15.1. The third-order valence-electron chi connectivity index (χ3n) is 4.93. The summed E-state index contributed by atoms with van der Waals surface area (Å²) in [5, 5.41) is 0. The minimum absolute atomic E-state index is 0.00584. The fourth-order valence-electron chi connectivity index (χ4n) is 3.26. The first-order valence-corrected chi connectivity index (χ1v) is 8.99. The first-order valence-electron chi connectivity index (χ1n) is 8.99. The monoisotopic (exact) mass is 351 g/mol. The summed E-state index contributed by atoms with van der Waals surface area (Å²) in [6.07, 6.45) is 0.416. The van der Waals surface area contributed by atoms with Crippen molar-refractivity contribution in [1.82, 2.24) is 9.80 Å². The van der Waals surface area contributed by atoms with Crippen molar-refractivity contribution in [2.75, 3.05) is 26.2 Å². The van der Waals surface area contributed by atoms with E-state index < -0.39 is 0 Å². The molecule has 2 aromatic rings. The molecule has 0 spiro atoms. The zero-order valence-corrected chi connectivity index (χ0v) is 15.1. The van der Waals surface area contributed by atoms with Crippen molar-refractivity contribution in [1.29, 1.82) is 0 Å². The Hall–Kier alpha value is -2.66. The number of hydrogen-bond donors (Lipinski definition) is 1. The van der Waals surface area contributed by atoms with Crippen LogP contribution in [-0.2, 0) is 17.8 Å². The molecule has 0 aromatic heterocycles. The van der Waals surface area contributed by atoms with Gasteiger partial charge in [0.15, 0.2) is 0 Å². The molecule has 5 nitrogen and oxygen atoms in total. The first kappa shape index (κ1) is 18.1. The Morgan fingerprint density at radius 2 is 1.65 bits per heavy atom. The molecule has 2 N–H and O–H groups in total. The van der Waals surface area contributed by atoms with Gasteiger partial charge in [0.1, 0.15) is 0 Å². The predicted octanol–water partition coefficient (Wildman–Crippen LogP) is 1.98. The van der Waals surface area contributed by atoms with E-state index in [1.807, 2.05) is 65.3 Å². The number of amides is 2. The van der Waals surface area contributed by atoms with Crippen LogP contribution >= 0.6 is 0 Å². The standard InChI is InChI=1S/C21H25N3O2/c1-16-5-2-3-7-18(16)14-20(25)23-9-11-24(12-10-23)21(26)19-8-4-6-17(13-19)15-22/h2-8,13H,9-12,14-15,22H2,1H3. The topological polar surface area (TPSA) is 66.6 Å². The van der Waals surface area contributed by atoms with Crippen LogP contribution in [0.15, 0.2) is 48.5 Å². The van der Waals surface area contributed by atoms with Crippen molar-refractivity contribution < 1.29 is 9.59 Å². The van der Waals surface area contributed by atoms with E-state index in [9.17, 15) is 9.59 Å². The number of carbonyl (C=O) groups excluding carboxylic acids is 2. The van der Waals surface area contributed by atoms with Crippen LogP contribution < -0.4 is 5.73 Å². The number of rotatable bonds is 4. The summed E-state index contributed by atoms with van der Waals surface area (Å²) in [5.74, 6) is 0.128. The predicted molar refractivity (Wildman–Crippen MR) is 102 cm³/mol. The van der Waals surface area contributed by atoms with Crippen molar-refractivity contribution in [2.24, 2.45) is 5.73 Å². The summed E-state index contributed by atoms with van der Waals surface area (Å²) < 4.78 is 0. The summed E-state index contributed by atoms with van der Waals surface area (Å²) in [6, 6.07) is 15.4. The molecule has 2 amide bonds. The van der Waals surface area contributed by atoms with Crippen LogP contribution in [0.25, 0.3) is 0 Å². The second-order valence-electron chi connectivity index (χ2n) is 6.68. The van der Waals surface area contributed by atoms with Gasteiger partial charge in [-0.05, 0) is 35.7 Å². The average molecular weight is 351 g/mol. The van der Waals surface area contributed by atoms with Gasteiger partial charge in [-0.3, -0.25) is 9.59 Å². The summed E-state index contributed by atoms with van der Waals surface area (Å²) in [5.41, 5.74) is 9.46. The fraction of sp³-hybridized carbons (Fsp3) is 0.333. The molecular formula is C21H25N3O2. The SMILES string of the molecule is Cc1ccccc1CC(=O)N1CCN(C(=O)c2cccc(CN)c2)CC1. The molecule has 5 heteroatoms. The third-order valence-corrected chi connectivity index (χ3v) is 4.93. The second kappa shape index (κ2) is 8.15. The largest absolute Gasteiger partial charge is 0.339 e. The van der Waals surface area contributed by atoms with Crippen LogP contribution in [0.2, 0.25) is 0 Å². The van der Waals surface area contributed by atoms with Crippen LogP contribution in [0.5, 0.6) is 0 Å². The van der Waals surface area contributed by atoms with Crippen molar-refractivity contribution in [3.63, 3.8) is 0 Å². The van der Waals surface area contributed by atoms with Crippen LogP contribution in [0.3, 0.4) is 0 Å². The highest BCUT2D eigenvalue weighted by Gasteiger charge is 2.25. The van der Waals surface area contributed by atoms with Crippen LogP contribution in [0.1, 0.15) is 27.0 Å². The van der Waals surface area contributed by atoms with Gasteiger partial charge < -0.3 is 15.5 Å². The zero-order chi connectivity index (χ0) is 18.5. The van der Waals surface area contributed by atoms with Crippen molar-refractivity contribution >= 4 is 11.8 Å². The Morgan fingerprint density at radius 1 is 0.962 bits per heavy atom. The maximum Gasteiger partial charge on any atom is 0.253 e. The molecular weight excluding hydrogens is 326 g/mol. The highest BCUT2D eigenvalue weighted by molar-refractivity contribution is 5.94. The highest BCUT2D eigenvalue weighted by Crippen LogP contribution is 2.13. The molecule has 1 aliphatic heterocycles. The first-order chi connectivity index (χ1) is 12.6. The highest BCUT2D eigenvalue weighted by atomic mass is 16.2. The number of aryl methyl sites for hydroxylation is 1. The minimum Gasteiger partial charge on any atom is -0.339 e. The van der Waals surface area contributed by atoms with Crippen molar-refractivity contribution in [3.8, 4) is 0 Å².